The van der Waals surface area contributed by atoms with Crippen molar-refractivity contribution in [3.63, 3.8) is 0 Å². The van der Waals surface area contributed by atoms with Crippen molar-refractivity contribution in [2.24, 2.45) is 5.84 Å². The Morgan fingerprint density at radius 2 is 2.35 bits per heavy atom. The molecule has 1 heterocycles. The van der Waals surface area contributed by atoms with Gasteiger partial charge in [0.1, 0.15) is 0 Å². The largest absolute Gasteiger partial charge is 0.271 e. The van der Waals surface area contributed by atoms with E-state index in [1.54, 1.807) is 18.0 Å². The summed E-state index contributed by atoms with van der Waals surface area (Å²) >= 11 is 11.2. The van der Waals surface area contributed by atoms with Gasteiger partial charge in [-0.3, -0.25) is 16.0 Å². The molecule has 0 radical (unpaired) electrons. The first-order valence-corrected chi connectivity index (χ1v) is 8.37. The van der Waals surface area contributed by atoms with Crippen LogP contribution in [0, 0.1) is 0 Å². The van der Waals surface area contributed by atoms with Gasteiger partial charge in [0.2, 0.25) is 0 Å². The number of aryl methyl sites for hydroxylation is 1. The Kier molecular flexibility index (Phi) is 5.92. The monoisotopic (exact) mass is 374 g/mol. The predicted octanol–water partition coefficient (Wildman–Crippen LogP) is 3.62. The van der Waals surface area contributed by atoms with Crippen molar-refractivity contribution >= 4 is 39.3 Å². The topological polar surface area (TPSA) is 55.9 Å². The van der Waals surface area contributed by atoms with Crippen LogP contribution in [0.2, 0.25) is 5.02 Å². The van der Waals surface area contributed by atoms with Crippen LogP contribution in [-0.4, -0.2) is 15.5 Å². The maximum atomic E-state index is 5.99. The molecule has 0 saturated heterocycles. The van der Waals surface area contributed by atoms with E-state index in [4.69, 9.17) is 17.4 Å². The lowest BCUT2D eigenvalue weighted by molar-refractivity contribution is 0.526. The highest BCUT2D eigenvalue weighted by atomic mass is 79.9. The average Bonchev–Trinajstić information content (AvgIpc) is 2.81. The van der Waals surface area contributed by atoms with Gasteiger partial charge in [-0.25, -0.2) is 0 Å². The number of benzene rings is 1. The summed E-state index contributed by atoms with van der Waals surface area (Å²) in [4.78, 5) is 1.12. The van der Waals surface area contributed by atoms with Crippen molar-refractivity contribution in [1.82, 2.24) is 15.2 Å². The van der Waals surface area contributed by atoms with Gasteiger partial charge in [-0.2, -0.15) is 5.10 Å². The lowest BCUT2D eigenvalue weighted by Crippen LogP contribution is -2.31. The Morgan fingerprint density at radius 3 is 3.00 bits per heavy atom. The summed E-state index contributed by atoms with van der Waals surface area (Å²) in [7, 11) is 0. The van der Waals surface area contributed by atoms with Gasteiger partial charge in [-0.05, 0) is 41.1 Å². The summed E-state index contributed by atoms with van der Waals surface area (Å²) in [5.41, 5.74) is 3.92. The van der Waals surface area contributed by atoms with Crippen LogP contribution in [0.15, 0.2) is 39.8 Å². The Hall–Kier alpha value is -0.530. The van der Waals surface area contributed by atoms with Crippen molar-refractivity contribution in [3.8, 4) is 0 Å². The third-order valence-electron chi connectivity index (χ3n) is 2.88. The zero-order valence-corrected chi connectivity index (χ0v) is 14.2. The summed E-state index contributed by atoms with van der Waals surface area (Å²) in [6.45, 7) is 2.86. The second-order valence-electron chi connectivity index (χ2n) is 4.18. The SMILES string of the molecule is CCn1ncc(Br)c1C(CSc1cccc(Cl)c1)NN. The fourth-order valence-electron chi connectivity index (χ4n) is 1.91. The number of hydrogen-bond donors (Lipinski definition) is 2. The molecule has 0 amide bonds. The van der Waals surface area contributed by atoms with Crippen molar-refractivity contribution in [1.29, 1.82) is 0 Å². The molecule has 0 aliphatic rings. The molecule has 1 atom stereocenters. The predicted molar refractivity (Wildman–Crippen MR) is 87.8 cm³/mol. The molecule has 0 saturated carbocycles. The third kappa shape index (κ3) is 3.77. The number of thioether (sulfide) groups is 1. The third-order valence-corrected chi connectivity index (χ3v) is 4.81. The second kappa shape index (κ2) is 7.47. The van der Waals surface area contributed by atoms with Gasteiger partial charge in [0, 0.05) is 22.2 Å². The number of rotatable bonds is 6. The lowest BCUT2D eigenvalue weighted by atomic mass is 10.2. The molecule has 108 valence electrons. The van der Waals surface area contributed by atoms with Crippen LogP contribution < -0.4 is 11.3 Å². The molecule has 0 aliphatic heterocycles. The number of nitrogens with zero attached hydrogens (tertiary/aromatic N) is 2. The molecule has 7 heteroatoms. The molecule has 0 spiro atoms. The molecule has 2 rings (SSSR count). The average molecular weight is 376 g/mol. The van der Waals surface area contributed by atoms with Crippen LogP contribution in [0.3, 0.4) is 0 Å². The maximum Gasteiger partial charge on any atom is 0.0734 e. The number of nitrogens with one attached hydrogen (secondary N) is 1. The molecular formula is C13H16BrClN4S. The number of nitrogens with two attached hydrogens (primary N) is 1. The van der Waals surface area contributed by atoms with E-state index < -0.39 is 0 Å². The summed E-state index contributed by atoms with van der Waals surface area (Å²) in [5.74, 6) is 6.49. The van der Waals surface area contributed by atoms with E-state index in [-0.39, 0.29) is 6.04 Å². The van der Waals surface area contributed by atoms with Crippen LogP contribution >= 0.6 is 39.3 Å². The van der Waals surface area contributed by atoms with Crippen LogP contribution in [0.4, 0.5) is 0 Å². The molecule has 20 heavy (non-hydrogen) atoms. The van der Waals surface area contributed by atoms with E-state index in [2.05, 4.69) is 33.4 Å². The van der Waals surface area contributed by atoms with Crippen LogP contribution in [0.5, 0.6) is 0 Å². The molecule has 0 bridgehead atoms. The maximum absolute atomic E-state index is 5.99. The molecule has 0 fully saturated rings. The summed E-state index contributed by atoms with van der Waals surface area (Å²) in [6.07, 6.45) is 1.80. The van der Waals surface area contributed by atoms with Gasteiger partial charge >= 0.3 is 0 Å². The quantitative estimate of drug-likeness (QED) is 0.460. The summed E-state index contributed by atoms with van der Waals surface area (Å²) in [5, 5.41) is 5.06. The zero-order valence-electron chi connectivity index (χ0n) is 11.0. The first-order valence-electron chi connectivity index (χ1n) is 6.21. The Balaban J connectivity index is 2.11. The smallest absolute Gasteiger partial charge is 0.0734 e. The molecule has 2 aromatic rings. The number of hydrogen-bond acceptors (Lipinski definition) is 4. The standard InChI is InChI=1S/C13H16BrClN4S/c1-2-19-13(11(14)7-17-19)12(18-16)8-20-10-5-3-4-9(15)6-10/h3-7,12,18H,2,8,16H2,1H3. The zero-order chi connectivity index (χ0) is 14.5. The normalized spacial score (nSPS) is 12.6. The highest BCUT2D eigenvalue weighted by Crippen LogP contribution is 2.29. The fraction of sp³-hybridized carbons (Fsp3) is 0.308. The van der Waals surface area contributed by atoms with Gasteiger partial charge in [-0.1, -0.05) is 17.7 Å². The van der Waals surface area contributed by atoms with E-state index in [1.807, 2.05) is 28.9 Å². The first kappa shape index (κ1) is 15.9. The van der Waals surface area contributed by atoms with Gasteiger partial charge in [-0.15, -0.1) is 11.8 Å². The summed E-state index contributed by atoms with van der Waals surface area (Å²) < 4.78 is 2.90. The molecule has 4 nitrogen and oxygen atoms in total. The molecule has 3 N–H and O–H groups in total. The molecular weight excluding hydrogens is 360 g/mol. The lowest BCUT2D eigenvalue weighted by Gasteiger charge is -2.17. The highest BCUT2D eigenvalue weighted by molar-refractivity contribution is 9.10. The van der Waals surface area contributed by atoms with Gasteiger partial charge in [0.15, 0.2) is 0 Å². The number of aromatic nitrogens is 2. The molecule has 1 aromatic heterocycles. The van der Waals surface area contributed by atoms with Gasteiger partial charge in [0.25, 0.3) is 0 Å². The second-order valence-corrected chi connectivity index (χ2v) is 6.57. The first-order chi connectivity index (χ1) is 9.65. The minimum absolute atomic E-state index is 0.0100. The van der Waals surface area contributed by atoms with Crippen LogP contribution in [-0.2, 0) is 6.54 Å². The van der Waals surface area contributed by atoms with Crippen molar-refractivity contribution in [2.75, 3.05) is 5.75 Å². The minimum atomic E-state index is 0.0100. The van der Waals surface area contributed by atoms with E-state index in [0.717, 1.165) is 32.4 Å². The van der Waals surface area contributed by atoms with Crippen molar-refractivity contribution in [3.05, 3.63) is 45.7 Å². The summed E-state index contributed by atoms with van der Waals surface area (Å²) in [6, 6.07) is 7.81. The molecule has 0 aliphatic carbocycles. The molecule has 1 aromatic carbocycles. The van der Waals surface area contributed by atoms with Crippen molar-refractivity contribution in [2.45, 2.75) is 24.4 Å². The molecule has 1 unspecified atom stereocenters. The van der Waals surface area contributed by atoms with Crippen LogP contribution in [0.1, 0.15) is 18.7 Å². The Morgan fingerprint density at radius 1 is 1.55 bits per heavy atom. The van der Waals surface area contributed by atoms with E-state index in [9.17, 15) is 0 Å². The van der Waals surface area contributed by atoms with E-state index >= 15 is 0 Å². The minimum Gasteiger partial charge on any atom is -0.271 e. The van der Waals surface area contributed by atoms with Crippen molar-refractivity contribution < 1.29 is 0 Å². The number of halogens is 2. The van der Waals surface area contributed by atoms with Crippen LogP contribution in [0.25, 0.3) is 0 Å². The Bertz CT molecular complexity index is 575. The van der Waals surface area contributed by atoms with E-state index in [1.165, 1.54) is 0 Å². The Labute approximate surface area is 136 Å². The fourth-order valence-corrected chi connectivity index (χ4v) is 3.74. The van der Waals surface area contributed by atoms with Gasteiger partial charge < -0.3 is 0 Å². The highest BCUT2D eigenvalue weighted by Gasteiger charge is 2.18. The van der Waals surface area contributed by atoms with Gasteiger partial charge in [0.05, 0.1) is 22.4 Å². The van der Waals surface area contributed by atoms with E-state index in [0.29, 0.717) is 0 Å². The number of hydrazine groups is 1.